The van der Waals surface area contributed by atoms with E-state index in [4.69, 9.17) is 15.2 Å². The highest BCUT2D eigenvalue weighted by Crippen LogP contribution is 2.23. The first-order valence-corrected chi connectivity index (χ1v) is 25.1. The second-order valence-corrected chi connectivity index (χ2v) is 20.4. The van der Waals surface area contributed by atoms with Crippen molar-refractivity contribution in [2.45, 2.75) is 151 Å². The number of primary amides is 1. The Morgan fingerprint density at radius 3 is 1.86 bits per heavy atom. The number of morpholine rings is 1. The molecule has 70 heavy (non-hydrogen) atoms. The van der Waals surface area contributed by atoms with Crippen LogP contribution in [0.5, 0.6) is 0 Å². The number of allylic oxidation sites excluding steroid dienone is 2. The van der Waals surface area contributed by atoms with E-state index in [2.05, 4.69) is 28.7 Å². The van der Waals surface area contributed by atoms with Crippen LogP contribution in [0, 0.1) is 29.6 Å². The van der Waals surface area contributed by atoms with Gasteiger partial charge in [-0.25, -0.2) is 0 Å². The fraction of sp³-hybridized carbons (Fsp3) is 0.750. The molecule has 1 unspecified atom stereocenters. The molecule has 9 atom stereocenters. The van der Waals surface area contributed by atoms with Gasteiger partial charge >= 0.3 is 0 Å². The predicted molar refractivity (Wildman–Crippen MR) is 274 cm³/mol. The number of amides is 7. The largest absolute Gasteiger partial charge is 0.390 e. The predicted octanol–water partition coefficient (Wildman–Crippen LogP) is 3.38. The number of ether oxygens (including phenoxy) is 2. The van der Waals surface area contributed by atoms with Crippen molar-refractivity contribution in [3.05, 3.63) is 36.5 Å². The van der Waals surface area contributed by atoms with Gasteiger partial charge in [0.05, 0.1) is 32.5 Å². The van der Waals surface area contributed by atoms with Crippen molar-refractivity contribution in [1.82, 2.24) is 35.1 Å². The smallest absolute Gasteiger partial charge is 0.248 e. The van der Waals surface area contributed by atoms with Crippen LogP contribution < -0.4 is 16.4 Å². The van der Waals surface area contributed by atoms with Gasteiger partial charge in [0.1, 0.15) is 36.3 Å². The SMILES string of the molecule is C=C(C[C@H](C(N)=O)N(C)C(=O)[C@H](NC(=O)[C@H](CC(C)C)N(C)C(=O)[C@@H](COCCN1CCOCC1)N(C)C(=O)[C@H](CC)NC(=O)[C@H]([C@H](O)[C@H](C)C/C=C/C)N(C)C(=O)CC(C)C)C(C)C(=C)C)C(C)C. The van der Waals surface area contributed by atoms with Crippen molar-refractivity contribution < 1.29 is 48.1 Å². The monoisotopic (exact) mass is 989 g/mol. The van der Waals surface area contributed by atoms with Gasteiger partial charge in [0.2, 0.25) is 41.4 Å². The molecule has 18 heteroatoms. The zero-order chi connectivity index (χ0) is 53.7. The number of hydrogen-bond donors (Lipinski definition) is 4. The number of hydrogen-bond acceptors (Lipinski definition) is 11. The first-order chi connectivity index (χ1) is 32.6. The van der Waals surface area contributed by atoms with E-state index >= 15 is 0 Å². The standard InChI is InChI=1S/C52H92N8O10/c1-18-20-21-36(11)46(62)45(59(17)43(61)29-33(5)6)49(65)54-39(19-2)50(66)58(16)42(31-70-27-24-60-22-25-69-26-23-60)51(67)57(15)41(28-32(3)4)48(64)55-44(38(13)35(9)10)52(68)56(14)40(47(53)63)30-37(12)34(7)8/h18,20,32-34,36,38-42,44-46,62H,9,12,19,21-31H2,1-8,10-11,13-17H3,(H2,53,63)(H,54,65)(H,55,64)/b20-18+/t36-,38?,39+,40-,41+,42-,44-,45+,46-/m1/s1. The van der Waals surface area contributed by atoms with Gasteiger partial charge in [-0.3, -0.25) is 38.5 Å². The molecule has 5 N–H and O–H groups in total. The number of aliphatic hydroxyl groups is 1. The lowest BCUT2D eigenvalue weighted by molar-refractivity contribution is -0.153. The van der Waals surface area contributed by atoms with Crippen LogP contribution in [0.3, 0.4) is 0 Å². The number of carbonyl (C=O) groups is 7. The molecular formula is C52H92N8O10. The lowest BCUT2D eigenvalue weighted by atomic mass is 9.91. The van der Waals surface area contributed by atoms with E-state index in [1.807, 2.05) is 60.6 Å². The van der Waals surface area contributed by atoms with Crippen LogP contribution in [-0.2, 0) is 43.0 Å². The molecule has 1 saturated heterocycles. The Labute approximate surface area is 420 Å². The molecule has 1 aliphatic rings. The van der Waals surface area contributed by atoms with Gasteiger partial charge in [-0.1, -0.05) is 98.8 Å². The van der Waals surface area contributed by atoms with E-state index in [0.29, 0.717) is 44.8 Å². The van der Waals surface area contributed by atoms with Gasteiger partial charge in [-0.2, -0.15) is 0 Å². The third-order valence-corrected chi connectivity index (χ3v) is 13.4. The molecule has 0 aromatic rings. The Bertz CT molecular complexity index is 1780. The molecule has 0 radical (unpaired) electrons. The molecule has 0 aliphatic carbocycles. The summed E-state index contributed by atoms with van der Waals surface area (Å²) in [6.07, 6.45) is 3.39. The van der Waals surface area contributed by atoms with Crippen LogP contribution in [-0.4, -0.2) is 188 Å². The van der Waals surface area contributed by atoms with Crippen molar-refractivity contribution in [3.8, 4) is 0 Å². The van der Waals surface area contributed by atoms with E-state index in [9.17, 15) is 38.7 Å². The number of nitrogens with zero attached hydrogens (tertiary/aromatic N) is 5. The lowest BCUT2D eigenvalue weighted by Gasteiger charge is -2.38. The summed E-state index contributed by atoms with van der Waals surface area (Å²) in [4.78, 5) is 106. The average molecular weight is 989 g/mol. The molecule has 1 heterocycles. The highest BCUT2D eigenvalue weighted by Gasteiger charge is 2.42. The summed E-state index contributed by atoms with van der Waals surface area (Å²) in [6.45, 7) is 31.3. The van der Waals surface area contributed by atoms with Crippen LogP contribution in [0.25, 0.3) is 0 Å². The summed E-state index contributed by atoms with van der Waals surface area (Å²) >= 11 is 0. The quantitative estimate of drug-likeness (QED) is 0.0582. The molecular weight excluding hydrogens is 897 g/mol. The van der Waals surface area contributed by atoms with E-state index in [1.54, 1.807) is 27.7 Å². The lowest BCUT2D eigenvalue weighted by Crippen LogP contribution is -2.62. The van der Waals surface area contributed by atoms with Crippen molar-refractivity contribution in [2.75, 3.05) is 74.3 Å². The number of carbonyl (C=O) groups excluding carboxylic acids is 7. The molecule has 7 amide bonds. The second kappa shape index (κ2) is 30.9. The van der Waals surface area contributed by atoms with Gasteiger partial charge in [0, 0.05) is 60.2 Å². The van der Waals surface area contributed by atoms with E-state index in [-0.39, 0.29) is 62.6 Å². The minimum absolute atomic E-state index is 0.0167. The summed E-state index contributed by atoms with van der Waals surface area (Å²) in [5, 5.41) is 17.3. The van der Waals surface area contributed by atoms with E-state index in [1.165, 1.54) is 47.8 Å². The molecule has 0 spiro atoms. The number of nitrogens with two attached hydrogens (primary N) is 1. The molecule has 1 aliphatic heterocycles. The summed E-state index contributed by atoms with van der Waals surface area (Å²) in [7, 11) is 5.82. The van der Waals surface area contributed by atoms with Crippen LogP contribution in [0.4, 0.5) is 0 Å². The highest BCUT2D eigenvalue weighted by atomic mass is 16.5. The average Bonchev–Trinajstić information content (AvgIpc) is 3.30. The van der Waals surface area contributed by atoms with Crippen LogP contribution >= 0.6 is 0 Å². The van der Waals surface area contributed by atoms with Gasteiger partial charge in [0.15, 0.2) is 0 Å². The molecule has 0 saturated carbocycles. The normalized spacial score (nSPS) is 17.1. The Morgan fingerprint density at radius 2 is 1.36 bits per heavy atom. The summed E-state index contributed by atoms with van der Waals surface area (Å²) in [5.41, 5.74) is 7.12. The maximum absolute atomic E-state index is 15.0. The Balaban J connectivity index is 3.74. The first-order valence-electron chi connectivity index (χ1n) is 25.1. The fourth-order valence-corrected chi connectivity index (χ4v) is 8.06. The van der Waals surface area contributed by atoms with Crippen molar-refractivity contribution >= 4 is 41.4 Å². The van der Waals surface area contributed by atoms with Crippen LogP contribution in [0.1, 0.15) is 108 Å². The minimum Gasteiger partial charge on any atom is -0.390 e. The molecule has 400 valence electrons. The van der Waals surface area contributed by atoms with Gasteiger partial charge in [0.25, 0.3) is 0 Å². The van der Waals surface area contributed by atoms with Crippen molar-refractivity contribution in [1.29, 1.82) is 0 Å². The Morgan fingerprint density at radius 1 is 0.786 bits per heavy atom. The number of aliphatic hydroxyl groups excluding tert-OH is 1. The van der Waals surface area contributed by atoms with Crippen molar-refractivity contribution in [2.24, 2.45) is 35.3 Å². The zero-order valence-corrected chi connectivity index (χ0v) is 45.4. The molecule has 18 nitrogen and oxygen atoms in total. The summed E-state index contributed by atoms with van der Waals surface area (Å²) < 4.78 is 11.6. The van der Waals surface area contributed by atoms with Gasteiger partial charge < -0.3 is 50.5 Å². The molecule has 1 rings (SSSR count). The Kier molecular flexibility index (Phi) is 28.0. The number of nitrogens with one attached hydrogen (secondary N) is 2. The second-order valence-electron chi connectivity index (χ2n) is 20.4. The van der Waals surface area contributed by atoms with Gasteiger partial charge in [-0.05, 0) is 63.2 Å². The molecule has 0 aromatic heterocycles. The molecule has 0 bridgehead atoms. The molecule has 1 fully saturated rings. The van der Waals surface area contributed by atoms with E-state index < -0.39 is 89.6 Å². The maximum atomic E-state index is 15.0. The topological polar surface area (TPSA) is 224 Å². The summed E-state index contributed by atoms with van der Waals surface area (Å²) in [5.74, 6) is -5.45. The van der Waals surface area contributed by atoms with Crippen LogP contribution in [0.2, 0.25) is 0 Å². The highest BCUT2D eigenvalue weighted by molar-refractivity contribution is 5.97. The first kappa shape index (κ1) is 63.4. The Hall–Kier alpha value is -4.65. The zero-order valence-electron chi connectivity index (χ0n) is 45.4. The third kappa shape index (κ3) is 19.5. The summed E-state index contributed by atoms with van der Waals surface area (Å²) in [6, 6.07) is -7.20. The number of likely N-dealkylation sites (N-methyl/N-ethyl adjacent to an activating group) is 4. The fourth-order valence-electron chi connectivity index (χ4n) is 8.06. The maximum Gasteiger partial charge on any atom is 0.248 e. The van der Waals surface area contributed by atoms with Crippen LogP contribution in [0.15, 0.2) is 36.5 Å². The third-order valence-electron chi connectivity index (χ3n) is 13.4. The number of rotatable bonds is 31. The van der Waals surface area contributed by atoms with Crippen molar-refractivity contribution in [3.63, 3.8) is 0 Å². The molecule has 0 aromatic carbocycles. The van der Waals surface area contributed by atoms with E-state index in [0.717, 1.165) is 5.57 Å². The minimum atomic E-state index is -1.33. The van der Waals surface area contributed by atoms with Gasteiger partial charge in [-0.15, -0.1) is 0 Å².